The summed E-state index contributed by atoms with van der Waals surface area (Å²) < 4.78 is 2.42. The molecule has 0 aliphatic heterocycles. The molecule has 4 nitrogen and oxygen atoms in total. The van der Waals surface area contributed by atoms with Gasteiger partial charge in [-0.25, -0.2) is 4.98 Å². The van der Waals surface area contributed by atoms with E-state index >= 15 is 0 Å². The third kappa shape index (κ3) is 6.15. The van der Waals surface area contributed by atoms with Crippen LogP contribution in [0.3, 0.4) is 0 Å². The van der Waals surface area contributed by atoms with Crippen molar-refractivity contribution in [1.29, 1.82) is 0 Å². The fourth-order valence-corrected chi connectivity index (χ4v) is 4.32. The Hall–Kier alpha value is -3.37. The van der Waals surface area contributed by atoms with Gasteiger partial charge in [0.15, 0.2) is 0 Å². The predicted octanol–water partition coefficient (Wildman–Crippen LogP) is 6.62. The van der Waals surface area contributed by atoms with Crippen molar-refractivity contribution < 1.29 is 0 Å². The van der Waals surface area contributed by atoms with Crippen LogP contribution in [0.4, 0.5) is 5.69 Å². The van der Waals surface area contributed by atoms with Crippen molar-refractivity contribution in [3.05, 3.63) is 108 Å². The van der Waals surface area contributed by atoms with E-state index in [1.165, 1.54) is 28.1 Å². The van der Waals surface area contributed by atoms with Crippen molar-refractivity contribution in [2.45, 2.75) is 45.9 Å². The molecular formula is C30H36N4. The van der Waals surface area contributed by atoms with Gasteiger partial charge in [-0.05, 0) is 29.7 Å². The molecule has 0 aliphatic rings. The third-order valence-electron chi connectivity index (χ3n) is 6.20. The standard InChI is InChI=1S/C30H36N4/c1-4-5-20-34-29(21-31-30(34)27-14-10-7-11-15-27)24-33(22-25-12-8-6-9-13-25)23-26-16-18-28(19-17-26)32(2)3/h6-19,21H,4-5,20,22-24H2,1-3H3. The number of imidazole rings is 1. The topological polar surface area (TPSA) is 24.3 Å². The Morgan fingerprint density at radius 2 is 1.35 bits per heavy atom. The molecule has 4 rings (SSSR count). The quantitative estimate of drug-likeness (QED) is 0.256. The zero-order chi connectivity index (χ0) is 23.8. The highest BCUT2D eigenvalue weighted by Gasteiger charge is 2.16. The highest BCUT2D eigenvalue weighted by Crippen LogP contribution is 2.23. The molecule has 0 spiro atoms. The van der Waals surface area contributed by atoms with Crippen LogP contribution < -0.4 is 4.90 Å². The van der Waals surface area contributed by atoms with Crippen LogP contribution in [0.25, 0.3) is 11.4 Å². The number of rotatable bonds is 11. The van der Waals surface area contributed by atoms with Crippen molar-refractivity contribution in [2.24, 2.45) is 0 Å². The minimum Gasteiger partial charge on any atom is -0.378 e. The van der Waals surface area contributed by atoms with Gasteiger partial charge in [-0.1, -0.05) is 86.1 Å². The summed E-state index contributed by atoms with van der Waals surface area (Å²) in [5, 5.41) is 0. The van der Waals surface area contributed by atoms with Crippen LogP contribution in [-0.2, 0) is 26.2 Å². The number of anilines is 1. The summed E-state index contributed by atoms with van der Waals surface area (Å²) >= 11 is 0. The molecule has 34 heavy (non-hydrogen) atoms. The zero-order valence-electron chi connectivity index (χ0n) is 20.7. The van der Waals surface area contributed by atoms with Crippen LogP contribution in [0.15, 0.2) is 91.1 Å². The van der Waals surface area contributed by atoms with E-state index in [0.717, 1.165) is 44.8 Å². The Morgan fingerprint density at radius 3 is 1.97 bits per heavy atom. The highest BCUT2D eigenvalue weighted by molar-refractivity contribution is 5.56. The van der Waals surface area contributed by atoms with E-state index in [2.05, 4.69) is 127 Å². The Kier molecular flexibility index (Phi) is 8.16. The molecule has 0 unspecified atom stereocenters. The maximum absolute atomic E-state index is 4.87. The number of unbranched alkanes of at least 4 members (excludes halogenated alkanes) is 1. The minimum atomic E-state index is 0.855. The summed E-state index contributed by atoms with van der Waals surface area (Å²) in [6.45, 7) is 5.89. The van der Waals surface area contributed by atoms with E-state index in [1.807, 2.05) is 0 Å². The summed E-state index contributed by atoms with van der Waals surface area (Å²) in [6.07, 6.45) is 4.39. The second kappa shape index (κ2) is 11.7. The fraction of sp³-hybridized carbons (Fsp3) is 0.300. The molecule has 0 radical (unpaired) electrons. The lowest BCUT2D eigenvalue weighted by Gasteiger charge is -2.24. The number of hydrogen-bond acceptors (Lipinski definition) is 3. The van der Waals surface area contributed by atoms with Crippen molar-refractivity contribution in [1.82, 2.24) is 14.5 Å². The van der Waals surface area contributed by atoms with Crippen molar-refractivity contribution in [3.8, 4) is 11.4 Å². The van der Waals surface area contributed by atoms with E-state index in [-0.39, 0.29) is 0 Å². The normalized spacial score (nSPS) is 11.2. The summed E-state index contributed by atoms with van der Waals surface area (Å²) in [7, 11) is 4.16. The van der Waals surface area contributed by atoms with Gasteiger partial charge < -0.3 is 9.47 Å². The second-order valence-electron chi connectivity index (χ2n) is 9.14. The first-order chi connectivity index (χ1) is 16.6. The van der Waals surface area contributed by atoms with Crippen LogP contribution in [0, 0.1) is 0 Å². The minimum absolute atomic E-state index is 0.855. The Morgan fingerprint density at radius 1 is 0.735 bits per heavy atom. The molecular weight excluding hydrogens is 416 g/mol. The molecule has 4 aromatic rings. The number of aromatic nitrogens is 2. The van der Waals surface area contributed by atoms with Crippen LogP contribution >= 0.6 is 0 Å². The summed E-state index contributed by atoms with van der Waals surface area (Å²) in [5.41, 5.74) is 6.33. The monoisotopic (exact) mass is 452 g/mol. The van der Waals surface area contributed by atoms with Gasteiger partial charge in [0.1, 0.15) is 5.82 Å². The average Bonchev–Trinajstić information content (AvgIpc) is 3.26. The summed E-state index contributed by atoms with van der Waals surface area (Å²) in [4.78, 5) is 9.53. The third-order valence-corrected chi connectivity index (χ3v) is 6.20. The van der Waals surface area contributed by atoms with E-state index in [9.17, 15) is 0 Å². The maximum Gasteiger partial charge on any atom is 0.140 e. The van der Waals surface area contributed by atoms with E-state index < -0.39 is 0 Å². The Balaban J connectivity index is 1.61. The van der Waals surface area contributed by atoms with Crippen LogP contribution in [0.5, 0.6) is 0 Å². The fourth-order valence-electron chi connectivity index (χ4n) is 4.32. The molecule has 0 saturated heterocycles. The second-order valence-corrected chi connectivity index (χ2v) is 9.14. The molecule has 0 bridgehead atoms. The molecule has 0 atom stereocenters. The van der Waals surface area contributed by atoms with Gasteiger partial charge in [-0.2, -0.15) is 0 Å². The van der Waals surface area contributed by atoms with Crippen molar-refractivity contribution in [3.63, 3.8) is 0 Å². The first kappa shape index (κ1) is 23.8. The molecule has 0 N–H and O–H groups in total. The lowest BCUT2D eigenvalue weighted by Crippen LogP contribution is -2.24. The van der Waals surface area contributed by atoms with Gasteiger partial charge in [0.2, 0.25) is 0 Å². The molecule has 0 saturated carbocycles. The van der Waals surface area contributed by atoms with Crippen LogP contribution in [-0.4, -0.2) is 28.5 Å². The van der Waals surface area contributed by atoms with Gasteiger partial charge in [-0.3, -0.25) is 4.90 Å². The molecule has 4 heteroatoms. The Bertz CT molecular complexity index is 1130. The summed E-state index contributed by atoms with van der Waals surface area (Å²) in [5.74, 6) is 1.07. The van der Waals surface area contributed by atoms with Crippen molar-refractivity contribution >= 4 is 5.69 Å². The van der Waals surface area contributed by atoms with E-state index in [0.29, 0.717) is 0 Å². The molecule has 0 amide bonds. The lowest BCUT2D eigenvalue weighted by molar-refractivity contribution is 0.241. The van der Waals surface area contributed by atoms with E-state index in [4.69, 9.17) is 4.98 Å². The van der Waals surface area contributed by atoms with Crippen molar-refractivity contribution in [2.75, 3.05) is 19.0 Å². The first-order valence-corrected chi connectivity index (χ1v) is 12.3. The number of nitrogens with zero attached hydrogens (tertiary/aromatic N) is 4. The molecule has 3 aromatic carbocycles. The highest BCUT2D eigenvalue weighted by atomic mass is 15.2. The lowest BCUT2D eigenvalue weighted by atomic mass is 10.1. The SMILES string of the molecule is CCCCn1c(CN(Cc2ccccc2)Cc2ccc(N(C)C)cc2)cnc1-c1ccccc1. The van der Waals surface area contributed by atoms with Crippen LogP contribution in [0.2, 0.25) is 0 Å². The molecule has 1 heterocycles. The maximum atomic E-state index is 4.87. The first-order valence-electron chi connectivity index (χ1n) is 12.3. The molecule has 1 aromatic heterocycles. The number of hydrogen-bond donors (Lipinski definition) is 0. The predicted molar refractivity (Wildman–Crippen MR) is 143 cm³/mol. The smallest absolute Gasteiger partial charge is 0.140 e. The van der Waals surface area contributed by atoms with Gasteiger partial charge in [0, 0.05) is 51.5 Å². The van der Waals surface area contributed by atoms with Crippen LogP contribution in [0.1, 0.15) is 36.6 Å². The van der Waals surface area contributed by atoms with E-state index in [1.54, 1.807) is 0 Å². The Labute approximate surface area is 204 Å². The number of benzene rings is 3. The van der Waals surface area contributed by atoms with Gasteiger partial charge in [-0.15, -0.1) is 0 Å². The summed E-state index contributed by atoms with van der Waals surface area (Å²) in [6, 6.07) is 30.2. The molecule has 0 aliphatic carbocycles. The molecule has 176 valence electrons. The van der Waals surface area contributed by atoms with Gasteiger partial charge >= 0.3 is 0 Å². The molecule has 0 fully saturated rings. The largest absolute Gasteiger partial charge is 0.378 e. The zero-order valence-corrected chi connectivity index (χ0v) is 20.7. The van der Waals surface area contributed by atoms with Gasteiger partial charge in [0.05, 0.1) is 11.9 Å². The van der Waals surface area contributed by atoms with Gasteiger partial charge in [0.25, 0.3) is 0 Å². The average molecular weight is 453 g/mol.